The van der Waals surface area contributed by atoms with Crippen molar-refractivity contribution in [3.63, 3.8) is 0 Å². The van der Waals surface area contributed by atoms with Crippen molar-refractivity contribution in [3.05, 3.63) is 71.1 Å². The van der Waals surface area contributed by atoms with E-state index in [1.807, 2.05) is 35.7 Å². The van der Waals surface area contributed by atoms with Crippen LogP contribution in [0.1, 0.15) is 22.8 Å². The predicted molar refractivity (Wildman–Crippen MR) is 121 cm³/mol. The summed E-state index contributed by atoms with van der Waals surface area (Å²) in [5, 5.41) is 7.36. The van der Waals surface area contributed by atoms with Crippen LogP contribution in [0.15, 0.2) is 60.0 Å². The molecule has 1 atom stereocenters. The highest BCUT2D eigenvalue weighted by molar-refractivity contribution is 7.14. The average Bonchev–Trinajstić information content (AvgIpc) is 3.42. The number of carbonyl (C=O) groups excluding carboxylic acids is 4. The number of urea groups is 1. The van der Waals surface area contributed by atoms with E-state index >= 15 is 0 Å². The van der Waals surface area contributed by atoms with E-state index in [9.17, 15) is 19.2 Å². The van der Waals surface area contributed by atoms with E-state index < -0.39 is 24.0 Å². The number of rotatable bonds is 7. The molecule has 9 nitrogen and oxygen atoms in total. The van der Waals surface area contributed by atoms with Gasteiger partial charge in [0, 0.05) is 10.9 Å². The maximum absolute atomic E-state index is 12.4. The van der Waals surface area contributed by atoms with Crippen molar-refractivity contribution >= 4 is 40.3 Å². The zero-order chi connectivity index (χ0) is 23.4. The van der Waals surface area contributed by atoms with Gasteiger partial charge < -0.3 is 10.1 Å². The van der Waals surface area contributed by atoms with Gasteiger partial charge in [0.2, 0.25) is 5.91 Å². The molecule has 10 heteroatoms. The minimum absolute atomic E-state index is 0.0161. The second-order valence-electron chi connectivity index (χ2n) is 7.28. The van der Waals surface area contributed by atoms with Gasteiger partial charge in [0.05, 0.1) is 24.3 Å². The van der Waals surface area contributed by atoms with E-state index in [1.54, 1.807) is 12.1 Å². The number of aromatic nitrogens is 1. The number of thiazole rings is 1. The molecule has 4 amide bonds. The van der Waals surface area contributed by atoms with Crippen molar-refractivity contribution in [3.8, 4) is 11.3 Å². The Labute approximate surface area is 193 Å². The first-order valence-electron chi connectivity index (χ1n) is 10.1. The van der Waals surface area contributed by atoms with Crippen LogP contribution in [0, 0.1) is 0 Å². The standard InChI is InChI=1S/C23H20N4O5S/c1-14(20(29)26-22-25-18(13-33-22)16-5-3-2-4-6-16)32-21(30)17-9-7-15(8-10-17)12-27-19(28)11-24-23(27)31/h2-10,13-14H,11-12H2,1H3,(H,24,31)(H,25,26,29). The molecule has 0 bridgehead atoms. The van der Waals surface area contributed by atoms with Gasteiger partial charge in [-0.2, -0.15) is 0 Å². The Kier molecular flexibility index (Phi) is 6.45. The summed E-state index contributed by atoms with van der Waals surface area (Å²) in [5.74, 6) is -1.46. The van der Waals surface area contributed by atoms with Crippen LogP contribution in [0.3, 0.4) is 0 Å². The third-order valence-electron chi connectivity index (χ3n) is 4.92. The third-order valence-corrected chi connectivity index (χ3v) is 5.68. The number of nitrogens with one attached hydrogen (secondary N) is 2. The van der Waals surface area contributed by atoms with Gasteiger partial charge in [-0.15, -0.1) is 11.3 Å². The van der Waals surface area contributed by atoms with E-state index in [0.29, 0.717) is 10.7 Å². The molecule has 1 fully saturated rings. The number of anilines is 1. The summed E-state index contributed by atoms with van der Waals surface area (Å²) in [6.07, 6.45) is -1.04. The molecule has 0 aliphatic carbocycles. The molecule has 1 aliphatic rings. The molecule has 1 unspecified atom stereocenters. The second kappa shape index (κ2) is 9.61. The molecule has 0 saturated carbocycles. The molecule has 0 radical (unpaired) electrons. The van der Waals surface area contributed by atoms with Crippen molar-refractivity contribution in [2.75, 3.05) is 11.9 Å². The lowest BCUT2D eigenvalue weighted by Gasteiger charge is -2.14. The van der Waals surface area contributed by atoms with Crippen molar-refractivity contribution < 1.29 is 23.9 Å². The lowest BCUT2D eigenvalue weighted by Crippen LogP contribution is -2.30. The summed E-state index contributed by atoms with van der Waals surface area (Å²) in [5.41, 5.74) is 2.61. The summed E-state index contributed by atoms with van der Waals surface area (Å²) >= 11 is 1.28. The maximum atomic E-state index is 12.4. The summed E-state index contributed by atoms with van der Waals surface area (Å²) < 4.78 is 5.27. The molecule has 0 spiro atoms. The van der Waals surface area contributed by atoms with E-state index in [4.69, 9.17) is 4.74 Å². The van der Waals surface area contributed by atoms with Crippen molar-refractivity contribution in [2.45, 2.75) is 19.6 Å². The first-order valence-corrected chi connectivity index (χ1v) is 11.0. The second-order valence-corrected chi connectivity index (χ2v) is 8.13. The molecule has 2 N–H and O–H groups in total. The van der Waals surface area contributed by atoms with Gasteiger partial charge in [-0.1, -0.05) is 42.5 Å². The van der Waals surface area contributed by atoms with Gasteiger partial charge in [-0.3, -0.25) is 19.8 Å². The van der Waals surface area contributed by atoms with Crippen molar-refractivity contribution in [2.24, 2.45) is 0 Å². The fourth-order valence-electron chi connectivity index (χ4n) is 3.11. The van der Waals surface area contributed by atoms with E-state index in [-0.39, 0.29) is 24.6 Å². The van der Waals surface area contributed by atoms with Crippen LogP contribution in [-0.2, 0) is 20.9 Å². The number of hydrogen-bond donors (Lipinski definition) is 2. The first kappa shape index (κ1) is 22.2. The number of nitrogens with zero attached hydrogens (tertiary/aromatic N) is 2. The monoisotopic (exact) mass is 464 g/mol. The Morgan fingerprint density at radius 3 is 2.55 bits per heavy atom. The summed E-state index contributed by atoms with van der Waals surface area (Å²) in [7, 11) is 0. The van der Waals surface area contributed by atoms with Gasteiger partial charge in [0.15, 0.2) is 11.2 Å². The highest BCUT2D eigenvalue weighted by Gasteiger charge is 2.28. The van der Waals surface area contributed by atoms with Crippen LogP contribution in [0.5, 0.6) is 0 Å². The van der Waals surface area contributed by atoms with Crippen LogP contribution in [0.25, 0.3) is 11.3 Å². The van der Waals surface area contributed by atoms with E-state index in [2.05, 4.69) is 15.6 Å². The quantitative estimate of drug-likeness (QED) is 0.410. The average molecular weight is 465 g/mol. The van der Waals surface area contributed by atoms with Gasteiger partial charge in [0.1, 0.15) is 0 Å². The molecule has 2 heterocycles. The molecular weight excluding hydrogens is 444 g/mol. The van der Waals surface area contributed by atoms with Gasteiger partial charge >= 0.3 is 12.0 Å². The Hall–Kier alpha value is -4.05. The highest BCUT2D eigenvalue weighted by Crippen LogP contribution is 2.24. The zero-order valence-electron chi connectivity index (χ0n) is 17.6. The van der Waals surface area contributed by atoms with E-state index in [1.165, 1.54) is 30.4 Å². The van der Waals surface area contributed by atoms with Crippen LogP contribution in [0.2, 0.25) is 0 Å². The molecule has 1 aliphatic heterocycles. The minimum Gasteiger partial charge on any atom is -0.449 e. The Bertz CT molecular complexity index is 1180. The van der Waals surface area contributed by atoms with Crippen molar-refractivity contribution in [1.82, 2.24) is 15.2 Å². The molecule has 1 saturated heterocycles. The maximum Gasteiger partial charge on any atom is 0.338 e. The molecule has 2 aromatic carbocycles. The fraction of sp³-hybridized carbons (Fsp3) is 0.174. The molecule has 4 rings (SSSR count). The number of imide groups is 1. The lowest BCUT2D eigenvalue weighted by atomic mass is 10.1. The predicted octanol–water partition coefficient (Wildman–Crippen LogP) is 3.05. The van der Waals surface area contributed by atoms with Gasteiger partial charge in [-0.05, 0) is 24.6 Å². The van der Waals surface area contributed by atoms with Crippen LogP contribution in [0.4, 0.5) is 9.93 Å². The lowest BCUT2D eigenvalue weighted by molar-refractivity contribution is -0.125. The fourth-order valence-corrected chi connectivity index (χ4v) is 3.83. The molecule has 168 valence electrons. The SMILES string of the molecule is CC(OC(=O)c1ccc(CN2C(=O)CNC2=O)cc1)C(=O)Nc1nc(-c2ccccc2)cs1. The van der Waals surface area contributed by atoms with Crippen LogP contribution >= 0.6 is 11.3 Å². The number of amides is 4. The largest absolute Gasteiger partial charge is 0.449 e. The Balaban J connectivity index is 1.31. The Morgan fingerprint density at radius 2 is 1.88 bits per heavy atom. The van der Waals surface area contributed by atoms with Crippen LogP contribution in [-0.4, -0.2) is 46.3 Å². The first-order chi connectivity index (χ1) is 15.9. The highest BCUT2D eigenvalue weighted by atomic mass is 32.1. The summed E-state index contributed by atoms with van der Waals surface area (Å²) in [6, 6.07) is 15.4. The topological polar surface area (TPSA) is 118 Å². The normalized spacial score (nSPS) is 14.0. The summed E-state index contributed by atoms with van der Waals surface area (Å²) in [6.45, 7) is 1.57. The van der Waals surface area contributed by atoms with Crippen LogP contribution < -0.4 is 10.6 Å². The number of ether oxygens (including phenoxy) is 1. The van der Waals surface area contributed by atoms with Gasteiger partial charge in [-0.25, -0.2) is 14.6 Å². The molecule has 1 aromatic heterocycles. The van der Waals surface area contributed by atoms with Gasteiger partial charge in [0.25, 0.3) is 5.91 Å². The zero-order valence-corrected chi connectivity index (χ0v) is 18.4. The Morgan fingerprint density at radius 1 is 1.15 bits per heavy atom. The van der Waals surface area contributed by atoms with E-state index in [0.717, 1.165) is 16.2 Å². The summed E-state index contributed by atoms with van der Waals surface area (Å²) in [4.78, 5) is 53.7. The number of benzene rings is 2. The third kappa shape index (κ3) is 5.24. The molecular formula is C23H20N4O5S. The van der Waals surface area contributed by atoms with Crippen molar-refractivity contribution in [1.29, 1.82) is 0 Å². The number of hydrogen-bond acceptors (Lipinski definition) is 7. The number of esters is 1. The minimum atomic E-state index is -1.04. The molecule has 33 heavy (non-hydrogen) atoms. The molecule has 3 aromatic rings. The number of carbonyl (C=O) groups is 4. The smallest absolute Gasteiger partial charge is 0.338 e.